The van der Waals surface area contributed by atoms with E-state index in [2.05, 4.69) is 19.9 Å². The maximum Gasteiger partial charge on any atom is 0.161 e. The van der Waals surface area contributed by atoms with Crippen LogP contribution in [0.5, 0.6) is 11.5 Å². The van der Waals surface area contributed by atoms with Gasteiger partial charge in [-0.05, 0) is 30.0 Å². The van der Waals surface area contributed by atoms with Gasteiger partial charge >= 0.3 is 0 Å². The number of unbranched alkanes of at least 4 members (excludes halogenated alkanes) is 1. The van der Waals surface area contributed by atoms with E-state index in [0.717, 1.165) is 36.7 Å². The zero-order chi connectivity index (χ0) is 13.7. The molecular weight excluding hydrogens is 260 g/mol. The van der Waals surface area contributed by atoms with Crippen LogP contribution in [-0.2, 0) is 0 Å². The highest BCUT2D eigenvalue weighted by Gasteiger charge is 2.19. The second kappa shape index (κ2) is 7.04. The first-order chi connectivity index (χ1) is 9.22. The van der Waals surface area contributed by atoms with Gasteiger partial charge in [0.15, 0.2) is 11.5 Å². The van der Waals surface area contributed by atoms with Gasteiger partial charge in [-0.15, -0.1) is 11.6 Å². The number of fused-ring (bicyclic) bond motifs is 1. The molecule has 0 radical (unpaired) electrons. The summed E-state index contributed by atoms with van der Waals surface area (Å²) in [5, 5.41) is 0.0451. The smallest absolute Gasteiger partial charge is 0.161 e. The largest absolute Gasteiger partial charge is 0.490 e. The molecule has 1 aromatic rings. The Bertz CT molecular complexity index is 406. The summed E-state index contributed by atoms with van der Waals surface area (Å²) in [4.78, 5) is 0. The van der Waals surface area contributed by atoms with Crippen LogP contribution in [0.3, 0.4) is 0 Å². The van der Waals surface area contributed by atoms with Crippen molar-refractivity contribution in [1.29, 1.82) is 0 Å². The van der Waals surface area contributed by atoms with Crippen LogP contribution >= 0.6 is 11.6 Å². The van der Waals surface area contributed by atoms with Crippen molar-refractivity contribution in [1.82, 2.24) is 0 Å². The fourth-order valence-corrected chi connectivity index (χ4v) is 2.61. The monoisotopic (exact) mass is 282 g/mol. The Morgan fingerprint density at radius 2 is 1.95 bits per heavy atom. The van der Waals surface area contributed by atoms with Gasteiger partial charge in [0, 0.05) is 6.42 Å². The lowest BCUT2D eigenvalue weighted by Gasteiger charge is -2.19. The number of rotatable bonds is 5. The predicted molar refractivity (Wildman–Crippen MR) is 79.3 cm³/mol. The molecule has 0 saturated carbocycles. The topological polar surface area (TPSA) is 18.5 Å². The Morgan fingerprint density at radius 1 is 1.21 bits per heavy atom. The van der Waals surface area contributed by atoms with Crippen LogP contribution in [-0.4, -0.2) is 13.2 Å². The molecule has 1 aliphatic rings. The molecule has 0 bridgehead atoms. The Labute approximate surface area is 121 Å². The minimum absolute atomic E-state index is 0.0451. The van der Waals surface area contributed by atoms with Gasteiger partial charge in [0.05, 0.1) is 18.6 Å². The van der Waals surface area contributed by atoms with Crippen molar-refractivity contribution in [2.75, 3.05) is 13.2 Å². The number of alkyl halides is 1. The summed E-state index contributed by atoms with van der Waals surface area (Å²) >= 11 is 6.58. The van der Waals surface area contributed by atoms with Gasteiger partial charge in [0.25, 0.3) is 0 Å². The van der Waals surface area contributed by atoms with Crippen molar-refractivity contribution in [3.63, 3.8) is 0 Å². The molecule has 0 aromatic heterocycles. The summed E-state index contributed by atoms with van der Waals surface area (Å²) in [5.41, 5.74) is 1.13. The molecule has 0 spiro atoms. The van der Waals surface area contributed by atoms with E-state index in [1.165, 1.54) is 19.3 Å². The number of halogens is 1. The molecule has 0 aliphatic carbocycles. The van der Waals surface area contributed by atoms with E-state index in [1.807, 2.05) is 12.1 Å². The lowest BCUT2D eigenvalue weighted by Crippen LogP contribution is -2.04. The van der Waals surface area contributed by atoms with Crippen LogP contribution < -0.4 is 9.47 Å². The molecule has 106 valence electrons. The van der Waals surface area contributed by atoms with Crippen molar-refractivity contribution in [2.45, 2.75) is 44.9 Å². The van der Waals surface area contributed by atoms with Gasteiger partial charge in [0.2, 0.25) is 0 Å². The summed E-state index contributed by atoms with van der Waals surface area (Å²) in [7, 11) is 0. The van der Waals surface area contributed by atoms with Crippen LogP contribution in [0.2, 0.25) is 0 Å². The van der Waals surface area contributed by atoms with E-state index < -0.39 is 0 Å². The quantitative estimate of drug-likeness (QED) is 0.711. The highest BCUT2D eigenvalue weighted by molar-refractivity contribution is 6.21. The molecule has 0 fully saturated rings. The summed E-state index contributed by atoms with van der Waals surface area (Å²) in [6.45, 7) is 5.87. The third-order valence-corrected chi connectivity index (χ3v) is 4.28. The Morgan fingerprint density at radius 3 is 2.68 bits per heavy atom. The third kappa shape index (κ3) is 3.79. The maximum absolute atomic E-state index is 6.58. The molecule has 0 N–H and O–H groups in total. The van der Waals surface area contributed by atoms with Crippen LogP contribution in [0.25, 0.3) is 0 Å². The lowest BCUT2D eigenvalue weighted by atomic mass is 9.95. The highest BCUT2D eigenvalue weighted by Crippen LogP contribution is 2.37. The van der Waals surface area contributed by atoms with E-state index in [4.69, 9.17) is 21.1 Å². The minimum Gasteiger partial charge on any atom is -0.490 e. The van der Waals surface area contributed by atoms with Gasteiger partial charge in [0.1, 0.15) is 0 Å². The molecular formula is C16H23ClO2. The van der Waals surface area contributed by atoms with Crippen LogP contribution in [0, 0.1) is 5.92 Å². The van der Waals surface area contributed by atoms with Crippen LogP contribution in [0.1, 0.15) is 50.5 Å². The molecule has 1 aliphatic heterocycles. The lowest BCUT2D eigenvalue weighted by molar-refractivity contribution is 0.297. The summed E-state index contributed by atoms with van der Waals surface area (Å²) in [6.07, 6.45) is 4.55. The Hall–Kier alpha value is -0.890. The van der Waals surface area contributed by atoms with Crippen molar-refractivity contribution >= 4 is 11.6 Å². The first kappa shape index (κ1) is 14.5. The molecule has 2 rings (SSSR count). The first-order valence-corrected chi connectivity index (χ1v) is 7.69. The fraction of sp³-hybridized carbons (Fsp3) is 0.625. The molecule has 0 amide bonds. The Kier molecular flexibility index (Phi) is 5.38. The normalized spacial score (nSPS) is 17.6. The second-order valence-electron chi connectivity index (χ2n) is 5.28. The maximum atomic E-state index is 6.58. The molecule has 2 nitrogen and oxygen atoms in total. The summed E-state index contributed by atoms with van der Waals surface area (Å²) in [5.74, 6) is 2.15. The van der Waals surface area contributed by atoms with E-state index in [-0.39, 0.29) is 5.38 Å². The zero-order valence-corrected chi connectivity index (χ0v) is 12.6. The van der Waals surface area contributed by atoms with E-state index in [9.17, 15) is 0 Å². The van der Waals surface area contributed by atoms with Crippen molar-refractivity contribution in [3.8, 4) is 11.5 Å². The van der Waals surface area contributed by atoms with Crippen LogP contribution in [0.15, 0.2) is 18.2 Å². The van der Waals surface area contributed by atoms with E-state index >= 15 is 0 Å². The van der Waals surface area contributed by atoms with Crippen molar-refractivity contribution in [2.24, 2.45) is 5.92 Å². The third-order valence-electron chi connectivity index (χ3n) is 3.60. The highest BCUT2D eigenvalue weighted by atomic mass is 35.5. The fourth-order valence-electron chi connectivity index (χ4n) is 2.35. The summed E-state index contributed by atoms with van der Waals surface area (Å²) in [6, 6.07) is 6.09. The van der Waals surface area contributed by atoms with Crippen LogP contribution in [0.4, 0.5) is 0 Å². The van der Waals surface area contributed by atoms with Gasteiger partial charge in [-0.2, -0.15) is 0 Å². The zero-order valence-electron chi connectivity index (χ0n) is 11.8. The molecule has 2 unspecified atom stereocenters. The molecule has 1 heterocycles. The molecule has 0 saturated heterocycles. The SMILES string of the molecule is CCCCC(C)C(Cl)c1ccc2c(c1)OCCCO2. The number of ether oxygens (including phenoxy) is 2. The standard InChI is InChI=1S/C16H23ClO2/c1-3-4-6-12(2)16(17)13-7-8-14-15(11-13)19-10-5-9-18-14/h7-8,11-12,16H,3-6,9-10H2,1-2H3. The van der Waals surface area contributed by atoms with Gasteiger partial charge < -0.3 is 9.47 Å². The predicted octanol–water partition coefficient (Wildman–Crippen LogP) is 4.95. The Balaban J connectivity index is 2.09. The average molecular weight is 283 g/mol. The molecule has 19 heavy (non-hydrogen) atoms. The van der Waals surface area contributed by atoms with Crippen molar-refractivity contribution < 1.29 is 9.47 Å². The molecule has 3 heteroatoms. The number of hydrogen-bond donors (Lipinski definition) is 0. The summed E-state index contributed by atoms with van der Waals surface area (Å²) < 4.78 is 11.4. The average Bonchev–Trinajstić information content (AvgIpc) is 2.68. The minimum atomic E-state index is 0.0451. The van der Waals surface area contributed by atoms with E-state index in [1.54, 1.807) is 0 Å². The molecule has 1 aromatic carbocycles. The number of hydrogen-bond acceptors (Lipinski definition) is 2. The molecule has 2 atom stereocenters. The van der Waals surface area contributed by atoms with Gasteiger partial charge in [-0.1, -0.05) is 32.8 Å². The van der Waals surface area contributed by atoms with E-state index in [0.29, 0.717) is 5.92 Å². The van der Waals surface area contributed by atoms with Crippen molar-refractivity contribution in [3.05, 3.63) is 23.8 Å². The van der Waals surface area contributed by atoms with Gasteiger partial charge in [-0.3, -0.25) is 0 Å². The number of benzene rings is 1. The first-order valence-electron chi connectivity index (χ1n) is 7.26. The van der Waals surface area contributed by atoms with Gasteiger partial charge in [-0.25, -0.2) is 0 Å². The second-order valence-corrected chi connectivity index (χ2v) is 5.75.